The van der Waals surface area contributed by atoms with E-state index in [9.17, 15) is 9.59 Å². The molecule has 1 atom stereocenters. The molecule has 1 N–H and O–H groups in total. The zero-order valence-corrected chi connectivity index (χ0v) is 17.0. The van der Waals surface area contributed by atoms with E-state index < -0.39 is 0 Å². The Morgan fingerprint density at radius 3 is 2.57 bits per heavy atom. The topological polar surface area (TPSA) is 58.6 Å². The van der Waals surface area contributed by atoms with Crippen molar-refractivity contribution in [3.05, 3.63) is 59.2 Å². The highest BCUT2D eigenvalue weighted by Gasteiger charge is 2.35. The molecule has 0 aromatic heterocycles. The van der Waals surface area contributed by atoms with Gasteiger partial charge in [0, 0.05) is 25.2 Å². The fourth-order valence-electron chi connectivity index (χ4n) is 3.44. The normalized spacial score (nSPS) is 16.5. The molecule has 0 spiro atoms. The number of hydrogen-bond acceptors (Lipinski definition) is 3. The smallest absolute Gasteiger partial charge is 0.227 e. The van der Waals surface area contributed by atoms with Crippen LogP contribution < -0.4 is 15.0 Å². The molecule has 2 aromatic rings. The van der Waals surface area contributed by atoms with Crippen LogP contribution in [0.3, 0.4) is 0 Å². The summed E-state index contributed by atoms with van der Waals surface area (Å²) in [4.78, 5) is 26.8. The number of aryl methyl sites for hydroxylation is 1. The van der Waals surface area contributed by atoms with Crippen LogP contribution in [0.25, 0.3) is 0 Å². The maximum Gasteiger partial charge on any atom is 0.227 e. The highest BCUT2D eigenvalue weighted by molar-refractivity contribution is 6.00. The van der Waals surface area contributed by atoms with Gasteiger partial charge in [-0.1, -0.05) is 24.3 Å². The first-order chi connectivity index (χ1) is 13.3. The molecule has 148 valence electrons. The number of rotatable bonds is 6. The Labute approximate surface area is 166 Å². The van der Waals surface area contributed by atoms with E-state index in [1.807, 2.05) is 70.2 Å². The van der Waals surface area contributed by atoms with E-state index in [4.69, 9.17) is 4.74 Å². The molecule has 0 saturated carbocycles. The molecule has 0 bridgehead atoms. The van der Waals surface area contributed by atoms with Gasteiger partial charge in [0.2, 0.25) is 11.8 Å². The van der Waals surface area contributed by atoms with E-state index in [1.54, 1.807) is 4.90 Å². The zero-order chi connectivity index (χ0) is 20.3. The van der Waals surface area contributed by atoms with Crippen LogP contribution in [-0.4, -0.2) is 24.5 Å². The van der Waals surface area contributed by atoms with E-state index in [2.05, 4.69) is 5.32 Å². The first-order valence-corrected chi connectivity index (χ1v) is 9.75. The van der Waals surface area contributed by atoms with Gasteiger partial charge < -0.3 is 15.0 Å². The van der Waals surface area contributed by atoms with Gasteiger partial charge >= 0.3 is 0 Å². The standard InChI is InChI=1S/C23H28N2O3/c1-15(2)28-20-10-8-18(9-11-20)13-24-23(27)19-12-22(26)25(14-19)21-7-5-6-16(3)17(21)4/h5-11,15,19H,12-14H2,1-4H3,(H,24,27). The van der Waals surface area contributed by atoms with Gasteiger partial charge in [0.1, 0.15) is 5.75 Å². The number of carbonyl (C=O) groups is 2. The Hall–Kier alpha value is -2.82. The highest BCUT2D eigenvalue weighted by atomic mass is 16.5. The third-order valence-corrected chi connectivity index (χ3v) is 5.12. The minimum Gasteiger partial charge on any atom is -0.491 e. The molecular formula is C23H28N2O3. The summed E-state index contributed by atoms with van der Waals surface area (Å²) >= 11 is 0. The highest BCUT2D eigenvalue weighted by Crippen LogP contribution is 2.29. The van der Waals surface area contributed by atoms with Gasteiger partial charge in [-0.25, -0.2) is 0 Å². The largest absolute Gasteiger partial charge is 0.491 e. The number of nitrogens with one attached hydrogen (secondary N) is 1. The Balaban J connectivity index is 1.58. The monoisotopic (exact) mass is 380 g/mol. The molecule has 0 radical (unpaired) electrons. The number of benzene rings is 2. The maximum atomic E-state index is 12.6. The van der Waals surface area contributed by atoms with Crippen molar-refractivity contribution in [3.8, 4) is 5.75 Å². The lowest BCUT2D eigenvalue weighted by molar-refractivity contribution is -0.126. The van der Waals surface area contributed by atoms with E-state index in [0.717, 1.165) is 28.1 Å². The predicted molar refractivity (Wildman–Crippen MR) is 110 cm³/mol. The van der Waals surface area contributed by atoms with Crippen LogP contribution >= 0.6 is 0 Å². The van der Waals surface area contributed by atoms with Crippen LogP contribution in [0, 0.1) is 19.8 Å². The summed E-state index contributed by atoms with van der Waals surface area (Å²) in [7, 11) is 0. The second-order valence-corrected chi connectivity index (χ2v) is 7.65. The molecule has 1 heterocycles. The van der Waals surface area contributed by atoms with Crippen molar-refractivity contribution in [2.45, 2.75) is 46.8 Å². The third kappa shape index (κ3) is 4.53. The minimum absolute atomic E-state index is 0.00374. The van der Waals surface area contributed by atoms with Crippen LogP contribution in [-0.2, 0) is 16.1 Å². The van der Waals surface area contributed by atoms with Crippen molar-refractivity contribution in [2.24, 2.45) is 5.92 Å². The van der Waals surface area contributed by atoms with Gasteiger partial charge in [-0.05, 0) is 62.6 Å². The molecule has 1 aliphatic heterocycles. The summed E-state index contributed by atoms with van der Waals surface area (Å²) in [6.45, 7) is 8.88. The van der Waals surface area contributed by atoms with Crippen molar-refractivity contribution in [3.63, 3.8) is 0 Å². The second-order valence-electron chi connectivity index (χ2n) is 7.65. The average Bonchev–Trinajstić information content (AvgIpc) is 3.04. The molecule has 0 aliphatic carbocycles. The molecule has 1 saturated heterocycles. The van der Waals surface area contributed by atoms with Crippen molar-refractivity contribution in [2.75, 3.05) is 11.4 Å². The Kier molecular flexibility index (Phi) is 6.02. The van der Waals surface area contributed by atoms with Gasteiger partial charge in [0.25, 0.3) is 0 Å². The quantitative estimate of drug-likeness (QED) is 0.830. The van der Waals surface area contributed by atoms with Gasteiger partial charge in [-0.2, -0.15) is 0 Å². The Bertz CT molecular complexity index is 859. The minimum atomic E-state index is -0.323. The average molecular weight is 380 g/mol. The lowest BCUT2D eigenvalue weighted by Gasteiger charge is -2.20. The van der Waals surface area contributed by atoms with Crippen LogP contribution in [0.2, 0.25) is 0 Å². The van der Waals surface area contributed by atoms with Crippen LogP contribution in [0.4, 0.5) is 5.69 Å². The molecule has 2 amide bonds. The number of carbonyl (C=O) groups excluding carboxylic acids is 2. The summed E-state index contributed by atoms with van der Waals surface area (Å²) in [5, 5.41) is 2.96. The van der Waals surface area contributed by atoms with Gasteiger partial charge in [-0.3, -0.25) is 9.59 Å². The molecule has 1 unspecified atom stereocenters. The number of amides is 2. The van der Waals surface area contributed by atoms with Gasteiger partial charge in [0.15, 0.2) is 0 Å². The summed E-state index contributed by atoms with van der Waals surface area (Å²) in [6.07, 6.45) is 0.380. The van der Waals surface area contributed by atoms with Crippen molar-refractivity contribution < 1.29 is 14.3 Å². The zero-order valence-electron chi connectivity index (χ0n) is 17.0. The van der Waals surface area contributed by atoms with E-state index >= 15 is 0 Å². The van der Waals surface area contributed by atoms with Crippen molar-refractivity contribution >= 4 is 17.5 Å². The summed E-state index contributed by atoms with van der Waals surface area (Å²) in [5.41, 5.74) is 4.13. The van der Waals surface area contributed by atoms with E-state index in [1.165, 1.54) is 0 Å². The fraction of sp³-hybridized carbons (Fsp3) is 0.391. The lowest BCUT2D eigenvalue weighted by Crippen LogP contribution is -2.32. The molecule has 1 fully saturated rings. The molecular weight excluding hydrogens is 352 g/mol. The Morgan fingerprint density at radius 1 is 1.18 bits per heavy atom. The van der Waals surface area contributed by atoms with Crippen LogP contribution in [0.15, 0.2) is 42.5 Å². The predicted octanol–water partition coefficient (Wildman–Crippen LogP) is 3.76. The second kappa shape index (κ2) is 8.46. The van der Waals surface area contributed by atoms with Crippen LogP contribution in [0.1, 0.15) is 37.0 Å². The molecule has 5 heteroatoms. The SMILES string of the molecule is Cc1cccc(N2CC(C(=O)NCc3ccc(OC(C)C)cc3)CC2=O)c1C. The number of anilines is 1. The maximum absolute atomic E-state index is 12.6. The van der Waals surface area contributed by atoms with Crippen molar-refractivity contribution in [1.82, 2.24) is 5.32 Å². The summed E-state index contributed by atoms with van der Waals surface area (Å²) < 4.78 is 5.63. The summed E-state index contributed by atoms with van der Waals surface area (Å²) in [6, 6.07) is 13.6. The lowest BCUT2D eigenvalue weighted by atomic mass is 10.1. The molecule has 5 nitrogen and oxygen atoms in total. The molecule has 3 rings (SSSR count). The third-order valence-electron chi connectivity index (χ3n) is 5.12. The van der Waals surface area contributed by atoms with Crippen LogP contribution in [0.5, 0.6) is 5.75 Å². The number of hydrogen-bond donors (Lipinski definition) is 1. The first kappa shape index (κ1) is 19.9. The Morgan fingerprint density at radius 2 is 1.89 bits per heavy atom. The molecule has 2 aromatic carbocycles. The molecule has 28 heavy (non-hydrogen) atoms. The number of nitrogens with zero attached hydrogens (tertiary/aromatic N) is 1. The summed E-state index contributed by atoms with van der Waals surface area (Å²) in [5.74, 6) is 0.416. The van der Waals surface area contributed by atoms with E-state index in [-0.39, 0.29) is 30.3 Å². The molecule has 1 aliphatic rings. The number of ether oxygens (including phenoxy) is 1. The van der Waals surface area contributed by atoms with Gasteiger partial charge in [0.05, 0.1) is 12.0 Å². The first-order valence-electron chi connectivity index (χ1n) is 9.75. The van der Waals surface area contributed by atoms with Crippen molar-refractivity contribution in [1.29, 1.82) is 0 Å². The van der Waals surface area contributed by atoms with Gasteiger partial charge in [-0.15, -0.1) is 0 Å². The fourth-order valence-corrected chi connectivity index (χ4v) is 3.44. The van der Waals surface area contributed by atoms with E-state index in [0.29, 0.717) is 13.1 Å².